The maximum atomic E-state index is 2.36. The Morgan fingerprint density at radius 1 is 0.217 bits per heavy atom. The molecule has 0 aliphatic heterocycles. The largest absolute Gasteiger partial charge is 0.0616 e. The zero-order valence-electron chi connectivity index (χ0n) is 25.2. The van der Waals surface area contributed by atoms with Gasteiger partial charge in [-0.15, -0.1) is 0 Å². The lowest BCUT2D eigenvalue weighted by Crippen LogP contribution is -1.86. The lowest BCUT2D eigenvalue weighted by Gasteiger charge is -2.12. The molecule has 0 bridgehead atoms. The molecule has 0 fully saturated rings. The first kappa shape index (κ1) is 25.4. The highest BCUT2D eigenvalue weighted by Crippen LogP contribution is 2.49. The Hall–Kier alpha value is -5.98. The summed E-state index contributed by atoms with van der Waals surface area (Å²) in [4.78, 5) is 0. The third-order valence-electron chi connectivity index (χ3n) is 10.0. The lowest BCUT2D eigenvalue weighted by atomic mass is 9.91. The van der Waals surface area contributed by atoms with Gasteiger partial charge in [0.25, 0.3) is 0 Å². The van der Waals surface area contributed by atoms with Crippen LogP contribution in [0.3, 0.4) is 0 Å². The van der Waals surface area contributed by atoms with E-state index in [1.54, 1.807) is 0 Å². The van der Waals surface area contributed by atoms with Gasteiger partial charge >= 0.3 is 0 Å². The van der Waals surface area contributed by atoms with Crippen molar-refractivity contribution >= 4 is 43.1 Å². The van der Waals surface area contributed by atoms with Crippen LogP contribution in [0.15, 0.2) is 170 Å². The molecule has 0 N–H and O–H groups in total. The Morgan fingerprint density at radius 2 is 0.717 bits per heavy atom. The van der Waals surface area contributed by atoms with Gasteiger partial charge in [-0.1, -0.05) is 158 Å². The maximum Gasteiger partial charge on any atom is -0.00201 e. The Morgan fingerprint density at radius 3 is 1.52 bits per heavy atom. The van der Waals surface area contributed by atoms with Crippen LogP contribution in [0.25, 0.3) is 98.7 Å². The maximum absolute atomic E-state index is 2.36. The number of rotatable bonds is 3. The third-order valence-corrected chi connectivity index (χ3v) is 10.0. The van der Waals surface area contributed by atoms with Crippen molar-refractivity contribution in [1.82, 2.24) is 0 Å². The quantitative estimate of drug-likeness (QED) is 0.182. The molecule has 9 aromatic rings. The Kier molecular flexibility index (Phi) is 5.38. The molecule has 0 amide bonds. The van der Waals surface area contributed by atoms with Crippen LogP contribution in [-0.4, -0.2) is 0 Å². The minimum Gasteiger partial charge on any atom is -0.0616 e. The van der Waals surface area contributed by atoms with E-state index in [1.165, 1.54) is 98.7 Å². The monoisotopic (exact) mass is 580 g/mol. The molecule has 0 saturated heterocycles. The molecule has 9 aromatic carbocycles. The zero-order valence-corrected chi connectivity index (χ0v) is 25.2. The minimum atomic E-state index is 1.23. The molecule has 1 aliphatic carbocycles. The van der Waals surface area contributed by atoms with Gasteiger partial charge in [0, 0.05) is 0 Å². The van der Waals surface area contributed by atoms with Crippen molar-refractivity contribution in [2.75, 3.05) is 0 Å². The van der Waals surface area contributed by atoms with Crippen molar-refractivity contribution in [1.29, 1.82) is 0 Å². The van der Waals surface area contributed by atoms with Gasteiger partial charge in [-0.3, -0.25) is 0 Å². The van der Waals surface area contributed by atoms with E-state index in [-0.39, 0.29) is 0 Å². The van der Waals surface area contributed by atoms with Gasteiger partial charge in [0.2, 0.25) is 0 Å². The van der Waals surface area contributed by atoms with Crippen molar-refractivity contribution in [3.8, 4) is 55.6 Å². The zero-order chi connectivity index (χ0) is 30.2. The Labute approximate surface area is 267 Å². The highest BCUT2D eigenvalue weighted by atomic mass is 14.2. The highest BCUT2D eigenvalue weighted by molar-refractivity contribution is 6.19. The van der Waals surface area contributed by atoms with E-state index in [0.717, 1.165) is 0 Å². The first-order chi connectivity index (χ1) is 22.8. The molecular formula is C46H28. The number of benzene rings is 9. The van der Waals surface area contributed by atoms with Crippen LogP contribution in [-0.2, 0) is 0 Å². The second-order valence-corrected chi connectivity index (χ2v) is 12.5. The SMILES string of the molecule is c1ccc2c(c1)-c1cccc3c(-c4ccc5c(ccc6cc(-c7ccc(-c8cccc9ccccc89)cc7)ccc65)c4)ccc-2c13. The second kappa shape index (κ2) is 9.76. The summed E-state index contributed by atoms with van der Waals surface area (Å²) in [5.41, 5.74) is 12.9. The fourth-order valence-electron chi connectivity index (χ4n) is 7.80. The first-order valence-electron chi connectivity index (χ1n) is 16.0. The van der Waals surface area contributed by atoms with Crippen molar-refractivity contribution in [3.05, 3.63) is 170 Å². The standard InChI is InChI=1S/C46H28/c1-2-9-36-30(7-1)8-5-12-37(36)31-17-15-29(16-18-31)32-21-23-38-33(27-32)19-20-34-28-35(22-24-39(34)38)40-25-26-45-42-11-4-3-10-41(42)44-14-6-13-43(40)46(44)45/h1-28H. The van der Waals surface area contributed by atoms with Gasteiger partial charge in [0.1, 0.15) is 0 Å². The summed E-state index contributed by atoms with van der Waals surface area (Å²) < 4.78 is 0. The summed E-state index contributed by atoms with van der Waals surface area (Å²) in [6.07, 6.45) is 0. The summed E-state index contributed by atoms with van der Waals surface area (Å²) in [6.45, 7) is 0. The van der Waals surface area contributed by atoms with Gasteiger partial charge in [0.05, 0.1) is 0 Å². The molecule has 0 radical (unpaired) electrons. The number of hydrogen-bond acceptors (Lipinski definition) is 0. The van der Waals surface area contributed by atoms with Crippen molar-refractivity contribution in [3.63, 3.8) is 0 Å². The summed E-state index contributed by atoms with van der Waals surface area (Å²) in [6, 6.07) is 62.7. The van der Waals surface area contributed by atoms with Crippen molar-refractivity contribution < 1.29 is 0 Å². The molecule has 0 saturated carbocycles. The van der Waals surface area contributed by atoms with Gasteiger partial charge in [0.15, 0.2) is 0 Å². The number of hydrogen-bond donors (Lipinski definition) is 0. The molecule has 10 rings (SSSR count). The summed E-state index contributed by atoms with van der Waals surface area (Å²) in [5, 5.41) is 10.4. The van der Waals surface area contributed by atoms with E-state index >= 15 is 0 Å². The minimum absolute atomic E-state index is 1.23. The molecule has 1 aliphatic rings. The van der Waals surface area contributed by atoms with Gasteiger partial charge < -0.3 is 0 Å². The molecule has 0 unspecified atom stereocenters. The van der Waals surface area contributed by atoms with Crippen LogP contribution in [0.4, 0.5) is 0 Å². The molecule has 46 heavy (non-hydrogen) atoms. The molecule has 212 valence electrons. The summed E-state index contributed by atoms with van der Waals surface area (Å²) in [7, 11) is 0. The Bertz CT molecular complexity index is 2640. The molecule has 0 spiro atoms. The van der Waals surface area contributed by atoms with E-state index < -0.39 is 0 Å². The fraction of sp³-hybridized carbons (Fsp3) is 0. The van der Waals surface area contributed by atoms with E-state index in [4.69, 9.17) is 0 Å². The predicted octanol–water partition coefficient (Wildman–Crippen LogP) is 12.9. The van der Waals surface area contributed by atoms with Gasteiger partial charge in [-0.25, -0.2) is 0 Å². The molecule has 0 nitrogen and oxygen atoms in total. The topological polar surface area (TPSA) is 0 Å². The third kappa shape index (κ3) is 3.74. The van der Waals surface area contributed by atoms with Crippen molar-refractivity contribution in [2.24, 2.45) is 0 Å². The number of fused-ring (bicyclic) bond motifs is 7. The van der Waals surface area contributed by atoms with Crippen LogP contribution < -0.4 is 0 Å². The summed E-state index contributed by atoms with van der Waals surface area (Å²) in [5.74, 6) is 0. The van der Waals surface area contributed by atoms with Gasteiger partial charge in [-0.05, 0) is 111 Å². The first-order valence-corrected chi connectivity index (χ1v) is 16.0. The van der Waals surface area contributed by atoms with E-state index in [2.05, 4.69) is 170 Å². The van der Waals surface area contributed by atoms with Crippen molar-refractivity contribution in [2.45, 2.75) is 0 Å². The summed E-state index contributed by atoms with van der Waals surface area (Å²) >= 11 is 0. The predicted molar refractivity (Wildman–Crippen MR) is 197 cm³/mol. The normalized spacial score (nSPS) is 11.9. The highest BCUT2D eigenvalue weighted by Gasteiger charge is 2.22. The van der Waals surface area contributed by atoms with E-state index in [1.807, 2.05) is 0 Å². The van der Waals surface area contributed by atoms with Crippen LogP contribution in [0, 0.1) is 0 Å². The van der Waals surface area contributed by atoms with Gasteiger partial charge in [-0.2, -0.15) is 0 Å². The van der Waals surface area contributed by atoms with Crippen LogP contribution in [0.2, 0.25) is 0 Å². The lowest BCUT2D eigenvalue weighted by molar-refractivity contribution is 1.62. The van der Waals surface area contributed by atoms with E-state index in [0.29, 0.717) is 0 Å². The second-order valence-electron chi connectivity index (χ2n) is 12.5. The smallest absolute Gasteiger partial charge is 0.00201 e. The molecular weight excluding hydrogens is 553 g/mol. The van der Waals surface area contributed by atoms with E-state index in [9.17, 15) is 0 Å². The molecule has 0 heteroatoms. The fourth-order valence-corrected chi connectivity index (χ4v) is 7.80. The molecule has 0 heterocycles. The molecule has 0 aromatic heterocycles. The van der Waals surface area contributed by atoms with Crippen LogP contribution >= 0.6 is 0 Å². The van der Waals surface area contributed by atoms with Crippen LogP contribution in [0.5, 0.6) is 0 Å². The van der Waals surface area contributed by atoms with Crippen LogP contribution in [0.1, 0.15) is 0 Å². The average molecular weight is 581 g/mol. The molecule has 0 atom stereocenters. The Balaban J connectivity index is 1.02. The average Bonchev–Trinajstić information content (AvgIpc) is 3.46.